The molecule has 1 aromatic carbocycles. The van der Waals surface area contributed by atoms with Crippen molar-refractivity contribution in [3.05, 3.63) is 40.3 Å². The Morgan fingerprint density at radius 3 is 2.38 bits per heavy atom. The number of aromatic nitrogens is 2. The molecule has 29 heavy (non-hydrogen) atoms. The Hall–Kier alpha value is -2.70. The number of aryl methyl sites for hydroxylation is 1. The first-order chi connectivity index (χ1) is 14.0. The highest BCUT2D eigenvalue weighted by Gasteiger charge is 2.33. The van der Waals surface area contributed by atoms with E-state index in [9.17, 15) is 14.4 Å². The number of benzene rings is 1. The zero-order valence-corrected chi connectivity index (χ0v) is 17.1. The van der Waals surface area contributed by atoms with Crippen LogP contribution in [0.5, 0.6) is 0 Å². The molecule has 2 amide bonds. The molecule has 2 saturated heterocycles. The van der Waals surface area contributed by atoms with E-state index in [2.05, 4.69) is 12.0 Å². The van der Waals surface area contributed by atoms with E-state index in [1.54, 1.807) is 30.1 Å². The van der Waals surface area contributed by atoms with Gasteiger partial charge < -0.3 is 9.80 Å². The second-order valence-corrected chi connectivity index (χ2v) is 8.42. The van der Waals surface area contributed by atoms with Gasteiger partial charge >= 0.3 is 0 Å². The van der Waals surface area contributed by atoms with Crippen LogP contribution in [-0.2, 0) is 11.8 Å². The molecule has 154 valence electrons. The zero-order chi connectivity index (χ0) is 20.5. The minimum atomic E-state index is -0.211. The van der Waals surface area contributed by atoms with Gasteiger partial charge in [0.15, 0.2) is 5.69 Å². The number of hydrogen-bond acceptors (Lipinski definition) is 4. The second-order valence-electron chi connectivity index (χ2n) is 8.42. The van der Waals surface area contributed by atoms with Crippen molar-refractivity contribution in [2.45, 2.75) is 32.6 Å². The minimum Gasteiger partial charge on any atom is -0.342 e. The molecule has 1 unspecified atom stereocenters. The molecule has 0 bridgehead atoms. The third-order valence-electron chi connectivity index (χ3n) is 6.26. The molecule has 0 radical (unpaired) electrons. The van der Waals surface area contributed by atoms with Gasteiger partial charge in [-0.25, -0.2) is 4.68 Å². The van der Waals surface area contributed by atoms with Crippen molar-refractivity contribution in [3.63, 3.8) is 0 Å². The third-order valence-corrected chi connectivity index (χ3v) is 6.26. The van der Waals surface area contributed by atoms with Crippen molar-refractivity contribution in [1.29, 1.82) is 0 Å². The number of piperidine rings is 2. The van der Waals surface area contributed by atoms with E-state index < -0.39 is 0 Å². The highest BCUT2D eigenvalue weighted by molar-refractivity contribution is 6.04. The lowest BCUT2D eigenvalue weighted by Gasteiger charge is -2.37. The molecule has 2 fully saturated rings. The molecule has 0 spiro atoms. The topological polar surface area (TPSA) is 75.5 Å². The molecule has 7 heteroatoms. The summed E-state index contributed by atoms with van der Waals surface area (Å²) < 4.78 is 1.23. The lowest BCUT2D eigenvalue weighted by Crippen LogP contribution is -2.47. The predicted molar refractivity (Wildman–Crippen MR) is 111 cm³/mol. The van der Waals surface area contributed by atoms with Gasteiger partial charge in [0.2, 0.25) is 5.91 Å². The standard InChI is InChI=1S/C22H28N4O3/c1-15-6-5-11-26(14-15)20(27)16-9-12-25(13-10-16)22(29)19-17-7-3-4-8-18(17)21(28)24(2)23-19/h3-4,7-8,15-16H,5-6,9-14H2,1-2H3. The summed E-state index contributed by atoms with van der Waals surface area (Å²) in [6, 6.07) is 7.09. The third kappa shape index (κ3) is 3.78. The number of rotatable bonds is 2. The summed E-state index contributed by atoms with van der Waals surface area (Å²) >= 11 is 0. The Morgan fingerprint density at radius 1 is 1.00 bits per heavy atom. The van der Waals surface area contributed by atoms with E-state index in [0.29, 0.717) is 48.3 Å². The number of carbonyl (C=O) groups is 2. The molecular formula is C22H28N4O3. The molecule has 2 aromatic rings. The largest absolute Gasteiger partial charge is 0.342 e. The van der Waals surface area contributed by atoms with Crippen molar-refractivity contribution >= 4 is 22.6 Å². The molecule has 0 saturated carbocycles. The van der Waals surface area contributed by atoms with Crippen LogP contribution in [0.3, 0.4) is 0 Å². The van der Waals surface area contributed by atoms with E-state index in [0.717, 1.165) is 19.5 Å². The average molecular weight is 396 g/mol. The van der Waals surface area contributed by atoms with E-state index in [4.69, 9.17) is 0 Å². The summed E-state index contributed by atoms with van der Waals surface area (Å²) in [5.74, 6) is 0.635. The van der Waals surface area contributed by atoms with Gasteiger partial charge in [0.25, 0.3) is 11.5 Å². The molecule has 1 atom stereocenters. The molecule has 7 nitrogen and oxygen atoms in total. The van der Waals surface area contributed by atoms with Crippen LogP contribution in [-0.4, -0.2) is 57.6 Å². The number of carbonyl (C=O) groups excluding carboxylic acids is 2. The van der Waals surface area contributed by atoms with E-state index in [1.165, 1.54) is 11.1 Å². The maximum Gasteiger partial charge on any atom is 0.274 e. The van der Waals surface area contributed by atoms with E-state index >= 15 is 0 Å². The molecule has 0 aliphatic carbocycles. The van der Waals surface area contributed by atoms with E-state index in [-0.39, 0.29) is 23.3 Å². The molecule has 4 rings (SSSR count). The number of amides is 2. The normalized spacial score (nSPS) is 20.8. The van der Waals surface area contributed by atoms with Crippen LogP contribution in [0.15, 0.2) is 29.1 Å². The smallest absolute Gasteiger partial charge is 0.274 e. The van der Waals surface area contributed by atoms with Crippen LogP contribution in [0.4, 0.5) is 0 Å². The Bertz CT molecular complexity index is 991. The maximum absolute atomic E-state index is 13.2. The first-order valence-electron chi connectivity index (χ1n) is 10.5. The van der Waals surface area contributed by atoms with Gasteiger partial charge in [0, 0.05) is 44.5 Å². The summed E-state index contributed by atoms with van der Waals surface area (Å²) in [5.41, 5.74) is 0.0922. The second kappa shape index (κ2) is 7.97. The van der Waals surface area contributed by atoms with Crippen LogP contribution >= 0.6 is 0 Å². The van der Waals surface area contributed by atoms with Gasteiger partial charge in [0.1, 0.15) is 0 Å². The van der Waals surface area contributed by atoms with Gasteiger partial charge in [-0.2, -0.15) is 5.10 Å². The summed E-state index contributed by atoms with van der Waals surface area (Å²) in [4.78, 5) is 42.1. The fourth-order valence-electron chi connectivity index (χ4n) is 4.58. The number of hydrogen-bond donors (Lipinski definition) is 0. The Morgan fingerprint density at radius 2 is 1.69 bits per heavy atom. The van der Waals surface area contributed by atoms with Crippen LogP contribution in [0.25, 0.3) is 10.8 Å². The van der Waals surface area contributed by atoms with Crippen molar-refractivity contribution in [2.75, 3.05) is 26.2 Å². The van der Waals surface area contributed by atoms with Crippen LogP contribution in [0.2, 0.25) is 0 Å². The van der Waals surface area contributed by atoms with Gasteiger partial charge in [-0.3, -0.25) is 14.4 Å². The zero-order valence-electron chi connectivity index (χ0n) is 17.1. The van der Waals surface area contributed by atoms with Crippen LogP contribution < -0.4 is 5.56 Å². The Kier molecular flexibility index (Phi) is 5.39. The number of nitrogens with zero attached hydrogens (tertiary/aromatic N) is 4. The molecule has 0 N–H and O–H groups in total. The van der Waals surface area contributed by atoms with E-state index in [1.807, 2.05) is 11.0 Å². The van der Waals surface area contributed by atoms with Crippen molar-refractivity contribution in [1.82, 2.24) is 19.6 Å². The summed E-state index contributed by atoms with van der Waals surface area (Å²) in [6.07, 6.45) is 3.63. The quantitative estimate of drug-likeness (QED) is 0.779. The average Bonchev–Trinajstić information content (AvgIpc) is 2.75. The highest BCUT2D eigenvalue weighted by Crippen LogP contribution is 2.25. The summed E-state index contributed by atoms with van der Waals surface area (Å²) in [5, 5.41) is 5.33. The van der Waals surface area contributed by atoms with Gasteiger partial charge in [-0.15, -0.1) is 0 Å². The Labute approximate surface area is 170 Å². The van der Waals surface area contributed by atoms with Crippen molar-refractivity contribution < 1.29 is 9.59 Å². The lowest BCUT2D eigenvalue weighted by molar-refractivity contribution is -0.138. The fraction of sp³-hybridized carbons (Fsp3) is 0.545. The molecule has 1 aromatic heterocycles. The summed E-state index contributed by atoms with van der Waals surface area (Å²) in [7, 11) is 1.57. The van der Waals surface area contributed by atoms with Crippen molar-refractivity contribution in [2.24, 2.45) is 18.9 Å². The fourth-order valence-corrected chi connectivity index (χ4v) is 4.58. The number of fused-ring (bicyclic) bond motifs is 1. The number of likely N-dealkylation sites (tertiary alicyclic amines) is 2. The van der Waals surface area contributed by atoms with Crippen LogP contribution in [0.1, 0.15) is 43.1 Å². The SMILES string of the molecule is CC1CCCN(C(=O)C2CCN(C(=O)c3nn(C)c(=O)c4ccccc34)CC2)C1. The van der Waals surface area contributed by atoms with Gasteiger partial charge in [-0.1, -0.05) is 25.1 Å². The summed E-state index contributed by atoms with van der Waals surface area (Å²) in [6.45, 7) is 4.99. The first-order valence-corrected chi connectivity index (χ1v) is 10.5. The van der Waals surface area contributed by atoms with Crippen LogP contribution in [0, 0.1) is 11.8 Å². The predicted octanol–water partition coefficient (Wildman–Crippen LogP) is 2.04. The molecule has 2 aliphatic heterocycles. The Balaban J connectivity index is 1.47. The highest BCUT2D eigenvalue weighted by atomic mass is 16.2. The lowest BCUT2D eigenvalue weighted by atomic mass is 9.92. The van der Waals surface area contributed by atoms with Crippen molar-refractivity contribution in [3.8, 4) is 0 Å². The maximum atomic E-state index is 13.2. The minimum absolute atomic E-state index is 0.00539. The van der Waals surface area contributed by atoms with Gasteiger partial charge in [-0.05, 0) is 37.7 Å². The molecular weight excluding hydrogens is 368 g/mol. The van der Waals surface area contributed by atoms with Gasteiger partial charge in [0.05, 0.1) is 5.39 Å². The molecule has 3 heterocycles. The first kappa shape index (κ1) is 19.6. The monoisotopic (exact) mass is 396 g/mol. The molecule has 2 aliphatic rings.